The van der Waals surface area contributed by atoms with Crippen LogP contribution in [0.15, 0.2) is 12.1 Å². The van der Waals surface area contributed by atoms with Crippen molar-refractivity contribution < 1.29 is 18.7 Å². The van der Waals surface area contributed by atoms with Crippen LogP contribution in [0.25, 0.3) is 0 Å². The summed E-state index contributed by atoms with van der Waals surface area (Å²) < 4.78 is 26.0. The van der Waals surface area contributed by atoms with Crippen LogP contribution in [0.3, 0.4) is 0 Å². The summed E-state index contributed by atoms with van der Waals surface area (Å²) in [6.07, 6.45) is -0.235. The predicted octanol–water partition coefficient (Wildman–Crippen LogP) is 1.57. The van der Waals surface area contributed by atoms with Crippen molar-refractivity contribution in [3.8, 4) is 0 Å². The summed E-state index contributed by atoms with van der Waals surface area (Å²) in [6, 6.07) is 0.857. The van der Waals surface area contributed by atoms with Crippen molar-refractivity contribution in [1.29, 1.82) is 0 Å². The molecule has 0 radical (unpaired) electrons. The maximum atomic E-state index is 13.3. The molecular weight excluding hydrogens is 228 g/mol. The van der Waals surface area contributed by atoms with E-state index in [4.69, 9.17) is 22.4 Å². The molecule has 1 aromatic rings. The highest BCUT2D eigenvalue weighted by Crippen LogP contribution is 2.22. The lowest BCUT2D eigenvalue weighted by molar-refractivity contribution is -0.138. The van der Waals surface area contributed by atoms with Crippen molar-refractivity contribution in [3.05, 3.63) is 34.4 Å². The Morgan fingerprint density at radius 3 is 2.67 bits per heavy atom. The van der Waals surface area contributed by atoms with Crippen molar-refractivity contribution in [2.45, 2.75) is 12.5 Å². The Labute approximate surface area is 89.5 Å². The lowest BCUT2D eigenvalue weighted by Gasteiger charge is -2.08. The molecule has 3 nitrogen and oxygen atoms in total. The van der Waals surface area contributed by atoms with Crippen molar-refractivity contribution >= 4 is 17.6 Å². The highest BCUT2D eigenvalue weighted by Gasteiger charge is 2.17. The summed E-state index contributed by atoms with van der Waals surface area (Å²) in [5, 5.41) is 7.86. The molecule has 3 N–H and O–H groups in total. The average molecular weight is 236 g/mol. The number of benzene rings is 1. The summed E-state index contributed by atoms with van der Waals surface area (Å²) in [6.45, 7) is 0. The van der Waals surface area contributed by atoms with Crippen LogP contribution < -0.4 is 5.73 Å². The Hall–Kier alpha value is -1.20. The van der Waals surface area contributed by atoms with Crippen LogP contribution in [0.4, 0.5) is 8.78 Å². The lowest BCUT2D eigenvalue weighted by atomic mass is 10.1. The second-order valence-electron chi connectivity index (χ2n) is 2.98. The molecule has 0 spiro atoms. The number of nitrogens with two attached hydrogens (primary N) is 1. The maximum Gasteiger partial charge on any atom is 0.320 e. The molecule has 15 heavy (non-hydrogen) atoms. The highest BCUT2D eigenvalue weighted by atomic mass is 35.5. The van der Waals surface area contributed by atoms with Gasteiger partial charge in [-0.05, 0) is 11.6 Å². The number of rotatable bonds is 3. The molecule has 0 aromatic heterocycles. The van der Waals surface area contributed by atoms with E-state index in [0.717, 1.165) is 12.1 Å². The molecule has 1 aromatic carbocycles. The van der Waals surface area contributed by atoms with Crippen LogP contribution in [0, 0.1) is 11.6 Å². The van der Waals surface area contributed by atoms with Gasteiger partial charge in [-0.3, -0.25) is 4.79 Å². The minimum absolute atomic E-state index is 0.0173. The van der Waals surface area contributed by atoms with Crippen molar-refractivity contribution in [2.24, 2.45) is 5.73 Å². The van der Waals surface area contributed by atoms with Gasteiger partial charge in [-0.1, -0.05) is 17.7 Å². The summed E-state index contributed by atoms with van der Waals surface area (Å²) in [7, 11) is 0. The van der Waals surface area contributed by atoms with Gasteiger partial charge < -0.3 is 10.8 Å². The van der Waals surface area contributed by atoms with Gasteiger partial charge in [-0.25, -0.2) is 8.78 Å². The SMILES string of the molecule is NC(Cc1ccc(F)c(Cl)c1F)C(=O)O. The van der Waals surface area contributed by atoms with E-state index in [9.17, 15) is 13.6 Å². The van der Waals surface area contributed by atoms with E-state index in [0.29, 0.717) is 0 Å². The van der Waals surface area contributed by atoms with Gasteiger partial charge in [0.2, 0.25) is 0 Å². The number of aliphatic carboxylic acids is 1. The predicted molar refractivity (Wildman–Crippen MR) is 50.7 cm³/mol. The number of halogens is 3. The summed E-state index contributed by atoms with van der Waals surface area (Å²) in [5.41, 5.74) is 5.19. The van der Waals surface area contributed by atoms with E-state index >= 15 is 0 Å². The Morgan fingerprint density at radius 1 is 1.53 bits per heavy atom. The van der Waals surface area contributed by atoms with E-state index in [2.05, 4.69) is 0 Å². The maximum absolute atomic E-state index is 13.3. The van der Waals surface area contributed by atoms with E-state index in [1.807, 2.05) is 0 Å². The molecule has 1 rings (SSSR count). The highest BCUT2D eigenvalue weighted by molar-refractivity contribution is 6.30. The normalized spacial score (nSPS) is 12.5. The minimum Gasteiger partial charge on any atom is -0.480 e. The minimum atomic E-state index is -1.25. The number of hydrogen-bond donors (Lipinski definition) is 2. The van der Waals surface area contributed by atoms with Gasteiger partial charge in [0.05, 0.1) is 0 Å². The van der Waals surface area contributed by atoms with Gasteiger partial charge in [0.15, 0.2) is 0 Å². The molecule has 0 fully saturated rings. The van der Waals surface area contributed by atoms with Gasteiger partial charge in [0.25, 0.3) is 0 Å². The second-order valence-corrected chi connectivity index (χ2v) is 3.36. The fraction of sp³-hybridized carbons (Fsp3) is 0.222. The molecule has 6 heteroatoms. The number of carbonyl (C=O) groups is 1. The molecule has 0 bridgehead atoms. The molecule has 0 heterocycles. The molecule has 0 aliphatic heterocycles. The molecule has 0 amide bonds. The van der Waals surface area contributed by atoms with E-state index in [1.165, 1.54) is 0 Å². The molecule has 1 atom stereocenters. The molecule has 0 saturated heterocycles. The summed E-state index contributed by atoms with van der Waals surface area (Å²) in [4.78, 5) is 10.4. The topological polar surface area (TPSA) is 63.3 Å². The Balaban J connectivity index is 2.97. The average Bonchev–Trinajstić information content (AvgIpc) is 2.18. The lowest BCUT2D eigenvalue weighted by Crippen LogP contribution is -2.32. The number of carboxylic acid groups (broad SMARTS) is 1. The number of carboxylic acids is 1. The first-order chi connectivity index (χ1) is 6.93. The van der Waals surface area contributed by atoms with E-state index in [-0.39, 0.29) is 12.0 Å². The largest absolute Gasteiger partial charge is 0.480 e. The first kappa shape index (κ1) is 11.9. The monoisotopic (exact) mass is 235 g/mol. The van der Waals surface area contributed by atoms with Crippen molar-refractivity contribution in [2.75, 3.05) is 0 Å². The fourth-order valence-corrected chi connectivity index (χ4v) is 1.23. The third-order valence-corrected chi connectivity index (χ3v) is 2.22. The fourth-order valence-electron chi connectivity index (χ4n) is 1.05. The van der Waals surface area contributed by atoms with Gasteiger partial charge in [-0.15, -0.1) is 0 Å². The Kier molecular flexibility index (Phi) is 3.60. The van der Waals surface area contributed by atoms with Crippen LogP contribution in [0.2, 0.25) is 5.02 Å². The first-order valence-corrected chi connectivity index (χ1v) is 4.42. The van der Waals surface area contributed by atoms with Crippen LogP contribution in [-0.4, -0.2) is 17.1 Å². The van der Waals surface area contributed by atoms with Gasteiger partial charge >= 0.3 is 5.97 Å². The van der Waals surface area contributed by atoms with Crippen molar-refractivity contribution in [3.63, 3.8) is 0 Å². The van der Waals surface area contributed by atoms with Crippen LogP contribution in [-0.2, 0) is 11.2 Å². The Morgan fingerprint density at radius 2 is 2.13 bits per heavy atom. The molecule has 0 saturated carbocycles. The van der Waals surface area contributed by atoms with E-state index < -0.39 is 28.7 Å². The quantitative estimate of drug-likeness (QED) is 0.782. The van der Waals surface area contributed by atoms with Gasteiger partial charge in [0, 0.05) is 6.42 Å². The third kappa shape index (κ3) is 2.64. The number of hydrogen-bond acceptors (Lipinski definition) is 2. The first-order valence-electron chi connectivity index (χ1n) is 4.04. The standard InChI is InChI=1S/C9H8ClF2NO2/c10-7-5(11)2-1-4(8(7)12)3-6(13)9(14)15/h1-2,6H,3,13H2,(H,14,15). The van der Waals surface area contributed by atoms with Gasteiger partial charge in [0.1, 0.15) is 22.7 Å². The zero-order valence-electron chi connectivity index (χ0n) is 7.51. The van der Waals surface area contributed by atoms with Crippen LogP contribution in [0.5, 0.6) is 0 Å². The zero-order valence-corrected chi connectivity index (χ0v) is 8.26. The molecule has 0 aliphatic carbocycles. The van der Waals surface area contributed by atoms with Crippen LogP contribution in [0.1, 0.15) is 5.56 Å². The van der Waals surface area contributed by atoms with Crippen LogP contribution >= 0.6 is 11.6 Å². The smallest absolute Gasteiger partial charge is 0.320 e. The molecule has 82 valence electrons. The second kappa shape index (κ2) is 4.55. The molecule has 1 unspecified atom stereocenters. The zero-order chi connectivity index (χ0) is 11.6. The summed E-state index contributed by atoms with van der Waals surface area (Å²) >= 11 is 5.31. The molecule has 0 aliphatic rings. The Bertz CT molecular complexity index is 398. The molecular formula is C9H8ClF2NO2. The third-order valence-electron chi connectivity index (χ3n) is 1.87. The van der Waals surface area contributed by atoms with E-state index in [1.54, 1.807) is 0 Å². The van der Waals surface area contributed by atoms with Crippen molar-refractivity contribution in [1.82, 2.24) is 0 Å². The summed E-state index contributed by atoms with van der Waals surface area (Å²) in [5.74, 6) is -3.11. The van der Waals surface area contributed by atoms with Gasteiger partial charge in [-0.2, -0.15) is 0 Å².